The largest absolute Gasteiger partial charge is 0.360 e. The van der Waals surface area contributed by atoms with E-state index in [0.29, 0.717) is 11.6 Å². The monoisotopic (exact) mass is 372 g/mol. The Bertz CT molecular complexity index is 798. The van der Waals surface area contributed by atoms with E-state index in [4.69, 9.17) is 11.6 Å². The van der Waals surface area contributed by atoms with E-state index in [0.717, 1.165) is 37.4 Å². The summed E-state index contributed by atoms with van der Waals surface area (Å²) in [5.41, 5.74) is 5.83. The van der Waals surface area contributed by atoms with Gasteiger partial charge < -0.3 is 15.1 Å². The van der Waals surface area contributed by atoms with Crippen LogP contribution in [0.1, 0.15) is 16.7 Å². The number of rotatable bonds is 4. The number of amides is 1. The second-order valence-electron chi connectivity index (χ2n) is 7.14. The van der Waals surface area contributed by atoms with E-state index in [1.165, 1.54) is 21.7 Å². The van der Waals surface area contributed by atoms with Crippen molar-refractivity contribution in [2.24, 2.45) is 0 Å². The van der Waals surface area contributed by atoms with Gasteiger partial charge in [0, 0.05) is 16.4 Å². The number of hydrogen-bond acceptors (Lipinski definition) is 2. The molecule has 1 amide bonds. The molecule has 1 heterocycles. The van der Waals surface area contributed by atoms with Crippen molar-refractivity contribution in [3.8, 4) is 0 Å². The highest BCUT2D eigenvalue weighted by molar-refractivity contribution is 6.30. The number of piperazine rings is 1. The molecule has 0 spiro atoms. The fourth-order valence-electron chi connectivity index (χ4n) is 3.51. The number of nitrogens with one attached hydrogen (secondary N) is 2. The standard InChI is InChI=1S/C21H26ClN3O/c1-15-5-4-6-20(17(15)3)25-11-9-24(10-12-25)14-21(26)23-19-8-7-18(22)13-16(19)2/h4-8,13H,9-12,14H2,1-3H3,(H,23,26)/p+1. The highest BCUT2D eigenvalue weighted by Crippen LogP contribution is 2.22. The number of quaternary nitrogens is 1. The second-order valence-corrected chi connectivity index (χ2v) is 7.58. The fourth-order valence-corrected chi connectivity index (χ4v) is 3.73. The lowest BCUT2D eigenvalue weighted by atomic mass is 10.1. The topological polar surface area (TPSA) is 36.8 Å². The number of benzene rings is 2. The van der Waals surface area contributed by atoms with Crippen molar-refractivity contribution in [3.05, 3.63) is 58.1 Å². The lowest BCUT2D eigenvalue weighted by molar-refractivity contribution is -0.892. The Morgan fingerprint density at radius 2 is 1.85 bits per heavy atom. The van der Waals surface area contributed by atoms with E-state index < -0.39 is 0 Å². The van der Waals surface area contributed by atoms with E-state index in [1.807, 2.05) is 19.1 Å². The van der Waals surface area contributed by atoms with Crippen LogP contribution in [0.5, 0.6) is 0 Å². The number of carbonyl (C=O) groups is 1. The first kappa shape index (κ1) is 18.7. The van der Waals surface area contributed by atoms with Gasteiger partial charge in [-0.05, 0) is 61.7 Å². The van der Waals surface area contributed by atoms with Crippen molar-refractivity contribution in [1.82, 2.24) is 0 Å². The number of hydrogen-bond donors (Lipinski definition) is 2. The molecular weight excluding hydrogens is 346 g/mol. The summed E-state index contributed by atoms with van der Waals surface area (Å²) in [5, 5.41) is 3.70. The van der Waals surface area contributed by atoms with E-state index in [9.17, 15) is 4.79 Å². The molecule has 0 bridgehead atoms. The van der Waals surface area contributed by atoms with Crippen LogP contribution in [-0.4, -0.2) is 38.6 Å². The fraction of sp³-hybridized carbons (Fsp3) is 0.381. The highest BCUT2D eigenvalue weighted by Gasteiger charge is 2.23. The summed E-state index contributed by atoms with van der Waals surface area (Å²) >= 11 is 5.97. The number of carbonyl (C=O) groups excluding carboxylic acids is 1. The molecule has 1 aliphatic heterocycles. The molecular formula is C21H27ClN3O+. The van der Waals surface area contributed by atoms with Crippen LogP contribution in [0.25, 0.3) is 0 Å². The first-order valence-electron chi connectivity index (χ1n) is 9.15. The molecule has 0 radical (unpaired) electrons. The first-order valence-corrected chi connectivity index (χ1v) is 9.52. The van der Waals surface area contributed by atoms with Gasteiger partial charge in [0.05, 0.1) is 26.2 Å². The molecule has 0 unspecified atom stereocenters. The van der Waals surface area contributed by atoms with E-state index in [1.54, 1.807) is 6.07 Å². The number of nitrogens with zero attached hydrogens (tertiary/aromatic N) is 1. The third-order valence-corrected chi connectivity index (χ3v) is 5.50. The summed E-state index contributed by atoms with van der Waals surface area (Å²) in [4.78, 5) is 16.2. The third-order valence-electron chi connectivity index (χ3n) is 5.26. The predicted molar refractivity (Wildman–Crippen MR) is 109 cm³/mol. The van der Waals surface area contributed by atoms with Crippen LogP contribution in [0.2, 0.25) is 5.02 Å². The number of halogens is 1. The quantitative estimate of drug-likeness (QED) is 0.865. The molecule has 3 rings (SSSR count). The molecule has 2 N–H and O–H groups in total. The Kier molecular flexibility index (Phi) is 5.84. The predicted octanol–water partition coefficient (Wildman–Crippen LogP) is 2.61. The van der Waals surface area contributed by atoms with Gasteiger partial charge in [-0.25, -0.2) is 0 Å². The molecule has 0 atom stereocenters. The lowest BCUT2D eigenvalue weighted by Gasteiger charge is -2.34. The van der Waals surface area contributed by atoms with Crippen molar-refractivity contribution in [2.75, 3.05) is 42.9 Å². The van der Waals surface area contributed by atoms with Crippen LogP contribution < -0.4 is 15.1 Å². The smallest absolute Gasteiger partial charge is 0.279 e. The van der Waals surface area contributed by atoms with Gasteiger partial charge >= 0.3 is 0 Å². The normalized spacial score (nSPS) is 15.2. The molecule has 138 valence electrons. The maximum absolute atomic E-state index is 12.4. The van der Waals surface area contributed by atoms with Crippen molar-refractivity contribution in [2.45, 2.75) is 20.8 Å². The van der Waals surface area contributed by atoms with Crippen molar-refractivity contribution >= 4 is 28.9 Å². The Morgan fingerprint density at radius 1 is 1.12 bits per heavy atom. The van der Waals surface area contributed by atoms with Gasteiger partial charge in [-0.15, -0.1) is 0 Å². The zero-order valence-corrected chi connectivity index (χ0v) is 16.5. The van der Waals surface area contributed by atoms with Gasteiger partial charge in [-0.3, -0.25) is 4.79 Å². The molecule has 2 aromatic carbocycles. The molecule has 0 aliphatic carbocycles. The summed E-state index contributed by atoms with van der Waals surface area (Å²) in [6.07, 6.45) is 0. The van der Waals surface area contributed by atoms with Crippen LogP contribution >= 0.6 is 11.6 Å². The molecule has 2 aromatic rings. The Balaban J connectivity index is 1.53. The zero-order chi connectivity index (χ0) is 18.7. The average molecular weight is 373 g/mol. The summed E-state index contributed by atoms with van der Waals surface area (Å²) in [6, 6.07) is 12.0. The minimum Gasteiger partial charge on any atom is -0.360 e. The van der Waals surface area contributed by atoms with E-state index in [2.05, 4.69) is 42.3 Å². The molecule has 0 saturated carbocycles. The molecule has 26 heavy (non-hydrogen) atoms. The van der Waals surface area contributed by atoms with E-state index >= 15 is 0 Å². The molecule has 1 saturated heterocycles. The lowest BCUT2D eigenvalue weighted by Crippen LogP contribution is -3.15. The third kappa shape index (κ3) is 4.37. The molecule has 4 nitrogen and oxygen atoms in total. The van der Waals surface area contributed by atoms with Crippen molar-refractivity contribution in [3.63, 3.8) is 0 Å². The van der Waals surface area contributed by atoms with Crippen LogP contribution in [0, 0.1) is 20.8 Å². The molecule has 5 heteroatoms. The minimum absolute atomic E-state index is 0.0607. The maximum atomic E-state index is 12.4. The molecule has 0 aromatic heterocycles. The summed E-state index contributed by atoms with van der Waals surface area (Å²) in [6.45, 7) is 10.7. The Morgan fingerprint density at radius 3 is 2.54 bits per heavy atom. The van der Waals surface area contributed by atoms with Crippen LogP contribution in [0.3, 0.4) is 0 Å². The highest BCUT2D eigenvalue weighted by atomic mass is 35.5. The van der Waals surface area contributed by atoms with Gasteiger partial charge in [-0.1, -0.05) is 23.7 Å². The molecule has 1 aliphatic rings. The maximum Gasteiger partial charge on any atom is 0.279 e. The van der Waals surface area contributed by atoms with E-state index in [-0.39, 0.29) is 5.91 Å². The Hall–Kier alpha value is -2.04. The number of anilines is 2. The van der Waals surface area contributed by atoms with Gasteiger partial charge in [-0.2, -0.15) is 0 Å². The first-order chi connectivity index (χ1) is 12.4. The zero-order valence-electron chi connectivity index (χ0n) is 15.7. The van der Waals surface area contributed by atoms with Gasteiger partial charge in [0.2, 0.25) is 0 Å². The van der Waals surface area contributed by atoms with Gasteiger partial charge in [0.1, 0.15) is 0 Å². The average Bonchev–Trinajstić information content (AvgIpc) is 2.61. The minimum atomic E-state index is 0.0607. The SMILES string of the molecule is Cc1cc(Cl)ccc1NC(=O)C[NH+]1CCN(c2cccc(C)c2C)CC1. The van der Waals surface area contributed by atoms with Crippen molar-refractivity contribution in [1.29, 1.82) is 0 Å². The summed E-state index contributed by atoms with van der Waals surface area (Å²) in [7, 11) is 0. The van der Waals surface area contributed by atoms with Crippen molar-refractivity contribution < 1.29 is 9.69 Å². The molecule has 1 fully saturated rings. The van der Waals surface area contributed by atoms with Crippen LogP contribution in [0.4, 0.5) is 11.4 Å². The van der Waals surface area contributed by atoms with Gasteiger partial charge in [0.25, 0.3) is 5.91 Å². The van der Waals surface area contributed by atoms with Crippen LogP contribution in [0.15, 0.2) is 36.4 Å². The second kappa shape index (κ2) is 8.11. The van der Waals surface area contributed by atoms with Crippen LogP contribution in [-0.2, 0) is 4.79 Å². The Labute approximate surface area is 160 Å². The van der Waals surface area contributed by atoms with Gasteiger partial charge in [0.15, 0.2) is 6.54 Å². The summed E-state index contributed by atoms with van der Waals surface area (Å²) in [5.74, 6) is 0.0607. The summed E-state index contributed by atoms with van der Waals surface area (Å²) < 4.78 is 0. The number of aryl methyl sites for hydroxylation is 2.